The number of unbranched alkanes of at least 4 members (excludes halogenated alkanes) is 2. The van der Waals surface area contributed by atoms with Gasteiger partial charge in [-0.05, 0) is 49.9 Å². The average Bonchev–Trinajstić information content (AvgIpc) is 2.43. The van der Waals surface area contributed by atoms with Gasteiger partial charge in [0, 0.05) is 19.0 Å². The lowest BCUT2D eigenvalue weighted by Crippen LogP contribution is -2.29. The van der Waals surface area contributed by atoms with Crippen LogP contribution in [0.15, 0.2) is 0 Å². The van der Waals surface area contributed by atoms with Gasteiger partial charge in [-0.15, -0.1) is 0 Å². The molecule has 1 saturated carbocycles. The molecular formula is C16H31BrO. The molecule has 0 unspecified atom stereocenters. The highest BCUT2D eigenvalue weighted by Crippen LogP contribution is 2.45. The van der Waals surface area contributed by atoms with Gasteiger partial charge in [-0.25, -0.2) is 0 Å². The van der Waals surface area contributed by atoms with Gasteiger partial charge in [-0.2, -0.15) is 0 Å². The van der Waals surface area contributed by atoms with Crippen LogP contribution in [0.4, 0.5) is 0 Å². The van der Waals surface area contributed by atoms with Gasteiger partial charge in [0.1, 0.15) is 0 Å². The molecule has 0 aromatic rings. The lowest BCUT2D eigenvalue weighted by atomic mass is 9.68. The van der Waals surface area contributed by atoms with E-state index in [0.29, 0.717) is 5.41 Å². The van der Waals surface area contributed by atoms with Crippen molar-refractivity contribution in [2.75, 3.05) is 19.0 Å². The van der Waals surface area contributed by atoms with Gasteiger partial charge in [0.15, 0.2) is 0 Å². The van der Waals surface area contributed by atoms with Gasteiger partial charge in [-0.1, -0.05) is 48.5 Å². The Morgan fingerprint density at radius 3 is 2.44 bits per heavy atom. The molecule has 0 spiro atoms. The third-order valence-electron chi connectivity index (χ3n) is 4.72. The highest BCUT2D eigenvalue weighted by molar-refractivity contribution is 9.09. The molecule has 0 amide bonds. The largest absolute Gasteiger partial charge is 0.385 e. The Balaban J connectivity index is 2.26. The van der Waals surface area contributed by atoms with E-state index in [2.05, 4.69) is 22.9 Å². The fourth-order valence-electron chi connectivity index (χ4n) is 3.27. The van der Waals surface area contributed by atoms with Crippen LogP contribution in [0.25, 0.3) is 0 Å². The number of ether oxygens (including phenoxy) is 1. The van der Waals surface area contributed by atoms with E-state index in [9.17, 15) is 0 Å². The second-order valence-electron chi connectivity index (χ2n) is 6.17. The predicted molar refractivity (Wildman–Crippen MR) is 83.4 cm³/mol. The van der Waals surface area contributed by atoms with Crippen molar-refractivity contribution in [1.29, 1.82) is 0 Å². The van der Waals surface area contributed by atoms with Crippen molar-refractivity contribution in [3.63, 3.8) is 0 Å². The number of hydrogen-bond donors (Lipinski definition) is 0. The van der Waals surface area contributed by atoms with Crippen LogP contribution in [0.2, 0.25) is 0 Å². The summed E-state index contributed by atoms with van der Waals surface area (Å²) in [6.07, 6.45) is 14.0. The monoisotopic (exact) mass is 318 g/mol. The summed E-state index contributed by atoms with van der Waals surface area (Å²) in [5, 5.41) is 1.20. The van der Waals surface area contributed by atoms with Crippen LogP contribution < -0.4 is 0 Å². The third-order valence-corrected chi connectivity index (χ3v) is 5.91. The van der Waals surface area contributed by atoms with Gasteiger partial charge in [0.2, 0.25) is 0 Å². The summed E-state index contributed by atoms with van der Waals surface area (Å²) >= 11 is 3.78. The molecule has 0 heterocycles. The molecule has 1 nitrogen and oxygen atoms in total. The Kier molecular flexibility index (Phi) is 8.58. The fraction of sp³-hybridized carbons (Fsp3) is 1.00. The quantitative estimate of drug-likeness (QED) is 0.399. The molecule has 108 valence electrons. The summed E-state index contributed by atoms with van der Waals surface area (Å²) in [7, 11) is 1.80. The average molecular weight is 319 g/mol. The second kappa shape index (κ2) is 9.36. The zero-order valence-corrected chi connectivity index (χ0v) is 13.9. The molecule has 0 bridgehead atoms. The fourth-order valence-corrected chi connectivity index (χ4v) is 4.11. The number of rotatable bonds is 9. The summed E-state index contributed by atoms with van der Waals surface area (Å²) in [6.45, 7) is 3.24. The van der Waals surface area contributed by atoms with Crippen molar-refractivity contribution >= 4 is 15.9 Å². The molecule has 1 rings (SSSR count). The van der Waals surface area contributed by atoms with E-state index in [0.717, 1.165) is 12.5 Å². The first-order chi connectivity index (χ1) is 8.76. The molecule has 0 aromatic carbocycles. The summed E-state index contributed by atoms with van der Waals surface area (Å²) in [5.41, 5.74) is 0.608. The van der Waals surface area contributed by atoms with E-state index in [1.54, 1.807) is 7.11 Å². The van der Waals surface area contributed by atoms with Crippen molar-refractivity contribution in [2.45, 2.75) is 71.1 Å². The summed E-state index contributed by atoms with van der Waals surface area (Å²) in [4.78, 5) is 0. The van der Waals surface area contributed by atoms with Gasteiger partial charge < -0.3 is 4.74 Å². The molecule has 1 fully saturated rings. The van der Waals surface area contributed by atoms with Gasteiger partial charge in [0.05, 0.1) is 0 Å². The van der Waals surface area contributed by atoms with E-state index in [-0.39, 0.29) is 0 Å². The molecular weight excluding hydrogens is 288 g/mol. The molecule has 0 aromatic heterocycles. The summed E-state index contributed by atoms with van der Waals surface area (Å²) < 4.78 is 5.15. The molecule has 0 N–H and O–H groups in total. The van der Waals surface area contributed by atoms with Crippen LogP contribution in [0.1, 0.15) is 71.1 Å². The van der Waals surface area contributed by atoms with Crippen molar-refractivity contribution in [3.05, 3.63) is 0 Å². The van der Waals surface area contributed by atoms with Gasteiger partial charge in [-0.3, -0.25) is 0 Å². The van der Waals surface area contributed by atoms with Crippen LogP contribution in [-0.2, 0) is 4.74 Å². The molecule has 1 aliphatic rings. The zero-order chi connectivity index (χ0) is 13.3. The van der Waals surface area contributed by atoms with E-state index < -0.39 is 0 Å². The Morgan fingerprint density at radius 2 is 1.89 bits per heavy atom. The Labute approximate surface area is 122 Å². The van der Waals surface area contributed by atoms with Crippen LogP contribution in [-0.4, -0.2) is 19.0 Å². The molecule has 18 heavy (non-hydrogen) atoms. The molecule has 0 saturated heterocycles. The molecule has 1 aliphatic carbocycles. The minimum absolute atomic E-state index is 0.608. The molecule has 0 atom stereocenters. The summed E-state index contributed by atoms with van der Waals surface area (Å²) in [5.74, 6) is 1.02. The lowest BCUT2D eigenvalue weighted by molar-refractivity contribution is 0.143. The normalized spacial score (nSPS) is 28.5. The van der Waals surface area contributed by atoms with Crippen molar-refractivity contribution in [2.24, 2.45) is 11.3 Å². The van der Waals surface area contributed by atoms with E-state index in [1.807, 2.05) is 0 Å². The van der Waals surface area contributed by atoms with Gasteiger partial charge >= 0.3 is 0 Å². The zero-order valence-electron chi connectivity index (χ0n) is 12.3. The predicted octanol–water partition coefficient (Wildman–Crippen LogP) is 5.56. The number of methoxy groups -OCH3 is 1. The number of halogens is 1. The summed E-state index contributed by atoms with van der Waals surface area (Å²) in [6, 6.07) is 0. The van der Waals surface area contributed by atoms with E-state index in [4.69, 9.17) is 4.74 Å². The first-order valence-electron chi connectivity index (χ1n) is 7.81. The highest BCUT2D eigenvalue weighted by Gasteiger charge is 2.33. The second-order valence-corrected chi connectivity index (χ2v) is 6.73. The van der Waals surface area contributed by atoms with Crippen LogP contribution in [0.3, 0.4) is 0 Å². The van der Waals surface area contributed by atoms with E-state index in [1.165, 1.54) is 69.5 Å². The topological polar surface area (TPSA) is 9.23 Å². The number of hydrogen-bond acceptors (Lipinski definition) is 1. The number of alkyl halides is 1. The third kappa shape index (κ3) is 5.61. The van der Waals surface area contributed by atoms with E-state index >= 15 is 0 Å². The first-order valence-corrected chi connectivity index (χ1v) is 8.93. The minimum Gasteiger partial charge on any atom is -0.385 e. The van der Waals surface area contributed by atoms with Crippen LogP contribution in [0.5, 0.6) is 0 Å². The maximum atomic E-state index is 5.15. The smallest absolute Gasteiger partial charge is 0.0462 e. The van der Waals surface area contributed by atoms with Crippen molar-refractivity contribution in [3.8, 4) is 0 Å². The standard InChI is InChI=1S/C16H31BrO/c1-3-4-7-15-8-11-16(14-17,12-9-15)10-5-6-13-18-2/h15H,3-14H2,1-2H3. The molecule has 0 aliphatic heterocycles. The Bertz CT molecular complexity index is 197. The van der Waals surface area contributed by atoms with Gasteiger partial charge in [0.25, 0.3) is 0 Å². The highest BCUT2D eigenvalue weighted by atomic mass is 79.9. The SMILES string of the molecule is CCCCC1CCC(CBr)(CCCCOC)CC1. The first kappa shape index (κ1) is 16.5. The Morgan fingerprint density at radius 1 is 1.17 bits per heavy atom. The minimum atomic E-state index is 0.608. The Hall–Kier alpha value is 0.440. The van der Waals surface area contributed by atoms with Crippen molar-refractivity contribution in [1.82, 2.24) is 0 Å². The van der Waals surface area contributed by atoms with Crippen LogP contribution in [0, 0.1) is 11.3 Å². The lowest BCUT2D eigenvalue weighted by Gasteiger charge is -2.39. The molecule has 0 radical (unpaired) electrons. The maximum absolute atomic E-state index is 5.15. The van der Waals surface area contributed by atoms with Crippen LogP contribution >= 0.6 is 15.9 Å². The molecule has 2 heteroatoms. The maximum Gasteiger partial charge on any atom is 0.0462 e. The van der Waals surface area contributed by atoms with Crippen molar-refractivity contribution < 1.29 is 4.74 Å².